The van der Waals surface area contributed by atoms with Crippen LogP contribution in [-0.2, 0) is 14.8 Å². The van der Waals surface area contributed by atoms with E-state index < -0.39 is 16.1 Å². The third kappa shape index (κ3) is 3.28. The topological polar surface area (TPSA) is 84.5 Å². The van der Waals surface area contributed by atoms with Gasteiger partial charge in [-0.15, -0.1) is 0 Å². The maximum atomic E-state index is 12.5. The van der Waals surface area contributed by atoms with Crippen LogP contribution in [-0.4, -0.2) is 20.4 Å². The van der Waals surface area contributed by atoms with Crippen molar-refractivity contribution in [1.29, 1.82) is 0 Å². The van der Waals surface area contributed by atoms with Crippen molar-refractivity contribution in [2.24, 2.45) is 0 Å². The van der Waals surface area contributed by atoms with Gasteiger partial charge in [0.15, 0.2) is 6.10 Å². The minimum absolute atomic E-state index is 0.0512. The Morgan fingerprint density at radius 3 is 2.67 bits per heavy atom. The van der Waals surface area contributed by atoms with E-state index in [9.17, 15) is 13.2 Å². The van der Waals surface area contributed by atoms with E-state index in [1.165, 1.54) is 30.3 Å². The normalized spacial score (nSPS) is 16.8. The first-order valence-corrected chi connectivity index (χ1v) is 9.09. The zero-order chi connectivity index (χ0) is 17.5. The molecule has 1 unspecified atom stereocenters. The molecular weight excluding hydrogens is 375 g/mol. The fourth-order valence-electron chi connectivity index (χ4n) is 2.17. The Morgan fingerprint density at radius 2 is 1.92 bits per heavy atom. The smallest absolute Gasteiger partial charge is 0.265 e. The van der Waals surface area contributed by atoms with Crippen molar-refractivity contribution >= 4 is 50.5 Å². The number of hydrogen-bond acceptors (Lipinski definition) is 4. The van der Waals surface area contributed by atoms with E-state index in [0.717, 1.165) is 0 Å². The monoisotopic (exact) mass is 386 g/mol. The van der Waals surface area contributed by atoms with Crippen LogP contribution in [0.2, 0.25) is 10.0 Å². The molecule has 0 spiro atoms. The van der Waals surface area contributed by atoms with Gasteiger partial charge in [-0.2, -0.15) is 0 Å². The van der Waals surface area contributed by atoms with E-state index in [0.29, 0.717) is 11.4 Å². The van der Waals surface area contributed by atoms with E-state index in [2.05, 4.69) is 10.0 Å². The summed E-state index contributed by atoms with van der Waals surface area (Å²) in [5.41, 5.74) is 0.638. The van der Waals surface area contributed by atoms with Crippen LogP contribution in [0.4, 0.5) is 11.4 Å². The van der Waals surface area contributed by atoms with Crippen LogP contribution in [0, 0.1) is 0 Å². The molecule has 1 aliphatic heterocycles. The van der Waals surface area contributed by atoms with E-state index in [4.69, 9.17) is 27.9 Å². The SMILES string of the molecule is CC1Oc2ccc(NS(=O)(=O)c3cc(Cl)ccc3Cl)cc2NC1=O. The number of halogens is 2. The van der Waals surface area contributed by atoms with Crippen molar-refractivity contribution in [3.8, 4) is 5.75 Å². The van der Waals surface area contributed by atoms with Gasteiger partial charge in [0.2, 0.25) is 0 Å². The van der Waals surface area contributed by atoms with Crippen molar-refractivity contribution in [3.05, 3.63) is 46.4 Å². The minimum atomic E-state index is -3.94. The molecule has 0 fully saturated rings. The molecule has 1 heterocycles. The molecule has 0 bridgehead atoms. The van der Waals surface area contributed by atoms with Crippen molar-refractivity contribution in [2.75, 3.05) is 10.0 Å². The molecule has 0 radical (unpaired) electrons. The van der Waals surface area contributed by atoms with Crippen molar-refractivity contribution in [2.45, 2.75) is 17.9 Å². The third-order valence-electron chi connectivity index (χ3n) is 3.35. The lowest BCUT2D eigenvalue weighted by atomic mass is 10.2. The Morgan fingerprint density at radius 1 is 1.17 bits per heavy atom. The summed E-state index contributed by atoms with van der Waals surface area (Å²) in [7, 11) is -3.94. The number of benzene rings is 2. The molecule has 0 aromatic heterocycles. The molecule has 0 aliphatic carbocycles. The number of hydrogen-bond donors (Lipinski definition) is 2. The highest BCUT2D eigenvalue weighted by Crippen LogP contribution is 2.33. The second kappa shape index (κ2) is 6.16. The molecule has 1 aliphatic rings. The zero-order valence-corrected chi connectivity index (χ0v) is 14.7. The second-order valence-corrected chi connectivity index (χ2v) is 7.63. The molecule has 24 heavy (non-hydrogen) atoms. The number of ether oxygens (including phenoxy) is 1. The van der Waals surface area contributed by atoms with Crippen LogP contribution >= 0.6 is 23.2 Å². The maximum absolute atomic E-state index is 12.5. The van der Waals surface area contributed by atoms with Gasteiger partial charge in [-0.25, -0.2) is 8.42 Å². The van der Waals surface area contributed by atoms with E-state index in [-0.39, 0.29) is 26.5 Å². The van der Waals surface area contributed by atoms with Gasteiger partial charge >= 0.3 is 0 Å². The molecule has 0 saturated heterocycles. The first kappa shape index (κ1) is 16.9. The van der Waals surface area contributed by atoms with E-state index in [1.807, 2.05) is 0 Å². The summed E-state index contributed by atoms with van der Waals surface area (Å²) in [6, 6.07) is 8.73. The Labute approximate surface area is 148 Å². The molecule has 2 aromatic rings. The largest absolute Gasteiger partial charge is 0.479 e. The third-order valence-corrected chi connectivity index (χ3v) is 5.44. The van der Waals surface area contributed by atoms with Crippen LogP contribution in [0.1, 0.15) is 6.92 Å². The van der Waals surface area contributed by atoms with Crippen molar-refractivity contribution < 1.29 is 17.9 Å². The molecule has 2 N–H and O–H groups in total. The summed E-state index contributed by atoms with van der Waals surface area (Å²) in [6.07, 6.45) is -0.606. The minimum Gasteiger partial charge on any atom is -0.479 e. The lowest BCUT2D eigenvalue weighted by molar-refractivity contribution is -0.122. The maximum Gasteiger partial charge on any atom is 0.265 e. The molecule has 6 nitrogen and oxygen atoms in total. The van der Waals surface area contributed by atoms with E-state index in [1.54, 1.807) is 13.0 Å². The van der Waals surface area contributed by atoms with Gasteiger partial charge in [0, 0.05) is 5.02 Å². The molecule has 3 rings (SSSR count). The number of sulfonamides is 1. The van der Waals surface area contributed by atoms with Crippen LogP contribution in [0.3, 0.4) is 0 Å². The standard InChI is InChI=1S/C15H12Cl2N2O4S/c1-8-15(20)18-12-7-10(3-5-13(12)23-8)19-24(21,22)14-6-9(16)2-4-11(14)17/h2-8,19H,1H3,(H,18,20). The zero-order valence-electron chi connectivity index (χ0n) is 12.3. The van der Waals surface area contributed by atoms with Crippen LogP contribution in [0.25, 0.3) is 0 Å². The van der Waals surface area contributed by atoms with Crippen molar-refractivity contribution in [3.63, 3.8) is 0 Å². The van der Waals surface area contributed by atoms with Gasteiger partial charge in [0.05, 0.1) is 16.4 Å². The van der Waals surface area contributed by atoms with Gasteiger partial charge in [-0.3, -0.25) is 9.52 Å². The average molecular weight is 387 g/mol. The predicted molar refractivity (Wildman–Crippen MR) is 92.4 cm³/mol. The predicted octanol–water partition coefficient (Wildman–Crippen LogP) is 3.51. The second-order valence-electron chi connectivity index (χ2n) is 5.14. The quantitative estimate of drug-likeness (QED) is 0.844. The fourth-order valence-corrected chi connectivity index (χ4v) is 3.98. The first-order chi connectivity index (χ1) is 11.3. The lowest BCUT2D eigenvalue weighted by Gasteiger charge is -2.23. The van der Waals surface area contributed by atoms with Gasteiger partial charge in [-0.1, -0.05) is 23.2 Å². The molecule has 1 amide bonds. The molecule has 9 heteroatoms. The number of carbonyl (C=O) groups is 1. The Bertz CT molecular complexity index is 931. The van der Waals surface area contributed by atoms with E-state index >= 15 is 0 Å². The Kier molecular flexibility index (Phi) is 4.33. The summed E-state index contributed by atoms with van der Waals surface area (Å²) >= 11 is 11.8. The summed E-state index contributed by atoms with van der Waals surface area (Å²) in [4.78, 5) is 11.5. The number of rotatable bonds is 3. The van der Waals surface area contributed by atoms with Crippen LogP contribution < -0.4 is 14.8 Å². The highest BCUT2D eigenvalue weighted by atomic mass is 35.5. The molecule has 2 aromatic carbocycles. The number of anilines is 2. The summed E-state index contributed by atoms with van der Waals surface area (Å²) in [6.45, 7) is 1.62. The lowest BCUT2D eigenvalue weighted by Crippen LogP contribution is -2.34. The first-order valence-electron chi connectivity index (χ1n) is 6.86. The molecule has 126 valence electrons. The highest BCUT2D eigenvalue weighted by molar-refractivity contribution is 7.92. The van der Waals surface area contributed by atoms with Crippen LogP contribution in [0.5, 0.6) is 5.75 Å². The van der Waals surface area contributed by atoms with Gasteiger partial charge in [0.25, 0.3) is 15.9 Å². The summed E-state index contributed by atoms with van der Waals surface area (Å²) < 4.78 is 32.8. The van der Waals surface area contributed by atoms with Gasteiger partial charge in [0.1, 0.15) is 10.6 Å². The summed E-state index contributed by atoms with van der Waals surface area (Å²) in [5.74, 6) is 0.159. The Hall–Kier alpha value is -1.96. The summed E-state index contributed by atoms with van der Waals surface area (Å²) in [5, 5.41) is 2.95. The fraction of sp³-hybridized carbons (Fsp3) is 0.133. The average Bonchev–Trinajstić information content (AvgIpc) is 2.50. The molecule has 0 saturated carbocycles. The highest BCUT2D eigenvalue weighted by Gasteiger charge is 2.25. The number of fused-ring (bicyclic) bond motifs is 1. The van der Waals surface area contributed by atoms with Gasteiger partial charge < -0.3 is 10.1 Å². The number of nitrogens with one attached hydrogen (secondary N) is 2. The molecule has 1 atom stereocenters. The van der Waals surface area contributed by atoms with Crippen molar-refractivity contribution in [1.82, 2.24) is 0 Å². The molecular formula is C15H12Cl2N2O4S. The van der Waals surface area contributed by atoms with Crippen LogP contribution in [0.15, 0.2) is 41.3 Å². The number of amides is 1. The Balaban J connectivity index is 1.92. The van der Waals surface area contributed by atoms with Gasteiger partial charge in [-0.05, 0) is 43.3 Å². The number of carbonyl (C=O) groups excluding carboxylic acids is 1.